The van der Waals surface area contributed by atoms with Crippen molar-refractivity contribution < 1.29 is 110 Å². The molecule has 0 aliphatic carbocycles. The van der Waals surface area contributed by atoms with Gasteiger partial charge in [-0.05, 0) is 68.0 Å². The molecule has 27 heteroatoms. The van der Waals surface area contributed by atoms with Crippen LogP contribution in [0.15, 0.2) is 42.5 Å². The van der Waals surface area contributed by atoms with Crippen LogP contribution in [0.2, 0.25) is 0 Å². The molecule has 1 aromatic heterocycles. The number of aliphatic carboxylic acids is 1. The summed E-state index contributed by atoms with van der Waals surface area (Å²) in [6.45, 7) is 10.1. The first kappa shape index (κ1) is 94.6. The zero-order valence-corrected chi connectivity index (χ0v) is 67.0. The smallest absolute Gasteiger partial charge is 0.756 e. The van der Waals surface area contributed by atoms with E-state index in [2.05, 4.69) is 45.1 Å². The monoisotopic (exact) mass is 1490 g/mol. The Kier molecular flexibility index (Phi) is 55.0. The molecular formula is C77H128N8NaO17P. The van der Waals surface area contributed by atoms with E-state index in [0.717, 1.165) is 68.0 Å². The zero-order valence-electron chi connectivity index (χ0n) is 64.1. The molecule has 1 aliphatic heterocycles. The second kappa shape index (κ2) is 60.5. The Morgan fingerprint density at radius 2 is 1.16 bits per heavy atom. The van der Waals surface area contributed by atoms with Gasteiger partial charge in [-0.3, -0.25) is 42.9 Å². The van der Waals surface area contributed by atoms with E-state index < -0.39 is 44.5 Å². The first-order valence-corrected chi connectivity index (χ1v) is 40.3. The van der Waals surface area contributed by atoms with Gasteiger partial charge in [-0.1, -0.05) is 200 Å². The number of amides is 5. The number of nitrogens with zero attached hydrogens (tertiary/aromatic N) is 3. The number of rotatable bonds is 61. The van der Waals surface area contributed by atoms with Crippen LogP contribution in [-0.2, 0) is 79.2 Å². The van der Waals surface area contributed by atoms with Crippen molar-refractivity contribution in [2.45, 2.75) is 284 Å². The summed E-state index contributed by atoms with van der Waals surface area (Å²) in [6, 6.07) is 11.9. The van der Waals surface area contributed by atoms with Crippen LogP contribution < -0.4 is 55.7 Å². The van der Waals surface area contributed by atoms with Crippen LogP contribution in [0.5, 0.6) is 0 Å². The van der Waals surface area contributed by atoms with Gasteiger partial charge in [0.2, 0.25) is 23.6 Å². The SMILES string of the molecule is CC(=O)NCCOCCOCCC(=O)NCCCCCCN1Cc2cc(C(=O)N(C)Cc3nc4ccccc4[nH]3)ccc2N[C@@H](CC(=O)O)C1=O.CCCCCCCCCCCCCCCC(=O)OC[C@H](COP(=O)([O-])OCCNC(=O)CCC)OC(=O)CCCCCCCCCCCCCCC.[Na+]. The van der Waals surface area contributed by atoms with Gasteiger partial charge < -0.3 is 74.0 Å². The number of unbranched alkanes of at least 4 members (excludes halogenated alkanes) is 27. The van der Waals surface area contributed by atoms with Gasteiger partial charge >= 0.3 is 47.5 Å². The number of hydrogen-bond donors (Lipinski definition) is 6. The fourth-order valence-electron chi connectivity index (χ4n) is 11.8. The molecule has 0 bridgehead atoms. The fraction of sp³-hybridized carbons (Fsp3) is 0.727. The molecule has 2 aromatic carbocycles. The Labute approximate surface area is 642 Å². The summed E-state index contributed by atoms with van der Waals surface area (Å²) < 4.78 is 43.7. The van der Waals surface area contributed by atoms with Crippen molar-refractivity contribution in [3.8, 4) is 0 Å². The zero-order chi connectivity index (χ0) is 75.0. The molecule has 0 radical (unpaired) electrons. The summed E-state index contributed by atoms with van der Waals surface area (Å²) in [5.41, 5.74) is 3.54. The second-order valence-corrected chi connectivity index (χ2v) is 28.4. The number of nitrogens with one attached hydrogen (secondary N) is 5. The molecule has 0 saturated carbocycles. The summed E-state index contributed by atoms with van der Waals surface area (Å²) in [5, 5.41) is 20.7. The Bertz CT molecular complexity index is 2870. The van der Waals surface area contributed by atoms with E-state index >= 15 is 0 Å². The molecule has 3 aromatic rings. The van der Waals surface area contributed by atoms with Crippen molar-refractivity contribution >= 4 is 72.0 Å². The predicted octanol–water partition coefficient (Wildman–Crippen LogP) is 10.5. The molecule has 5 amide bonds. The number of carboxylic acid groups (broad SMARTS) is 1. The van der Waals surface area contributed by atoms with Crippen molar-refractivity contribution in [2.75, 3.05) is 84.8 Å². The van der Waals surface area contributed by atoms with Gasteiger partial charge in [0.1, 0.15) is 18.5 Å². The number of aromatic nitrogens is 2. The maximum Gasteiger partial charge on any atom is 1.00 e. The molecule has 104 heavy (non-hydrogen) atoms. The fourth-order valence-corrected chi connectivity index (χ4v) is 12.5. The maximum absolute atomic E-state index is 13.4. The van der Waals surface area contributed by atoms with E-state index in [1.807, 2.05) is 31.2 Å². The van der Waals surface area contributed by atoms with Crippen LogP contribution in [0.3, 0.4) is 0 Å². The number of imidazole rings is 1. The minimum Gasteiger partial charge on any atom is -0.756 e. The van der Waals surface area contributed by atoms with Gasteiger partial charge in [0, 0.05) is 83.6 Å². The normalized spacial score (nSPS) is 13.4. The number of phosphoric ester groups is 1. The molecule has 0 saturated heterocycles. The summed E-state index contributed by atoms with van der Waals surface area (Å²) >= 11 is 0. The van der Waals surface area contributed by atoms with Gasteiger partial charge in [-0.15, -0.1) is 0 Å². The topological polar surface area (TPSA) is 336 Å². The first-order valence-electron chi connectivity index (χ1n) is 38.8. The summed E-state index contributed by atoms with van der Waals surface area (Å²) in [5.74, 6) is -2.20. The average molecular weight is 1490 g/mol. The Balaban J connectivity index is 0.000000700. The number of phosphoric acid groups is 1. The average Bonchev–Trinajstić information content (AvgIpc) is 1.64. The van der Waals surface area contributed by atoms with E-state index in [1.165, 1.54) is 129 Å². The van der Waals surface area contributed by atoms with Gasteiger partial charge in [0.05, 0.1) is 63.6 Å². The molecule has 0 fully saturated rings. The number of hydrogen-bond acceptors (Lipinski definition) is 18. The molecule has 4 rings (SSSR count). The van der Waals surface area contributed by atoms with Crippen LogP contribution in [0.1, 0.15) is 281 Å². The maximum atomic E-state index is 13.4. The van der Waals surface area contributed by atoms with E-state index in [0.29, 0.717) is 95.2 Å². The van der Waals surface area contributed by atoms with E-state index in [1.54, 1.807) is 35.0 Å². The third-order valence-electron chi connectivity index (χ3n) is 17.6. The Morgan fingerprint density at radius 1 is 0.625 bits per heavy atom. The van der Waals surface area contributed by atoms with E-state index in [-0.39, 0.29) is 118 Å². The van der Waals surface area contributed by atoms with Crippen LogP contribution >= 0.6 is 7.82 Å². The number of esters is 2. The first-order chi connectivity index (χ1) is 49.8. The molecule has 3 atom stereocenters. The third-order valence-corrected chi connectivity index (χ3v) is 18.6. The molecule has 2 heterocycles. The number of para-hydroxylation sites is 2. The van der Waals surface area contributed by atoms with Crippen LogP contribution in [0, 0.1) is 0 Å². The molecule has 25 nitrogen and oxygen atoms in total. The number of carbonyl (C=O) groups excluding carboxylic acids is 7. The molecule has 0 spiro atoms. The van der Waals surface area contributed by atoms with Crippen molar-refractivity contribution in [2.24, 2.45) is 0 Å². The van der Waals surface area contributed by atoms with Crippen LogP contribution in [0.25, 0.3) is 11.0 Å². The number of anilines is 1. The molecule has 584 valence electrons. The van der Waals surface area contributed by atoms with Gasteiger partial charge in [-0.25, -0.2) is 4.98 Å². The summed E-state index contributed by atoms with van der Waals surface area (Å²) in [4.78, 5) is 121. The molecule has 1 aliphatic rings. The minimum atomic E-state index is -4.74. The van der Waals surface area contributed by atoms with E-state index in [9.17, 15) is 52.9 Å². The Morgan fingerprint density at radius 3 is 1.75 bits per heavy atom. The quantitative estimate of drug-likeness (QED) is 0.0132. The van der Waals surface area contributed by atoms with Crippen LogP contribution in [0.4, 0.5) is 5.69 Å². The third kappa shape index (κ3) is 47.2. The van der Waals surface area contributed by atoms with Crippen LogP contribution in [-0.4, -0.2) is 164 Å². The number of fused-ring (bicyclic) bond motifs is 2. The van der Waals surface area contributed by atoms with Crippen molar-refractivity contribution in [3.63, 3.8) is 0 Å². The van der Waals surface area contributed by atoms with Crippen molar-refractivity contribution in [3.05, 3.63) is 59.4 Å². The van der Waals surface area contributed by atoms with Gasteiger partial charge in [0.25, 0.3) is 13.7 Å². The van der Waals surface area contributed by atoms with Gasteiger partial charge in [0.15, 0.2) is 6.10 Å². The predicted molar refractivity (Wildman–Crippen MR) is 399 cm³/mol. The van der Waals surface area contributed by atoms with E-state index in [4.69, 9.17) is 28.0 Å². The number of H-pyrrole nitrogens is 1. The number of carbonyl (C=O) groups is 8. The summed E-state index contributed by atoms with van der Waals surface area (Å²) in [7, 11) is -3.04. The second-order valence-electron chi connectivity index (χ2n) is 27.0. The number of benzene rings is 2. The summed E-state index contributed by atoms with van der Waals surface area (Å²) in [6.07, 6.45) is 34.7. The molecule has 6 N–H and O–H groups in total. The largest absolute Gasteiger partial charge is 1.00 e. The van der Waals surface area contributed by atoms with Crippen molar-refractivity contribution in [1.82, 2.24) is 35.7 Å². The molecule has 1 unspecified atom stereocenters. The Hall–Kier alpha value is -5.50. The number of carboxylic acids is 1. The standard InChI is InChI=1S/C41H80NO9P.C36H49N7O8.Na/c1-4-7-9-11-13-15-17-19-21-23-25-27-29-32-40(44)48-36-38(37-50-52(46,47)49-35-34-42-39(43)31-6-3)51-41(45)33-30-28-26-24-22-20-18-16-14-12-10-8-5-2;1-25(44)37-15-18-51-20-19-50-17-13-33(45)38-14-7-3-4-8-16-43-23-27-21-26(11-12-28(27)39-31(36(43)49)22-34(46)47)35(48)42(2)24-32-40-29-9-5-6-10-30(29)41-32;/h38H,4-37H2,1-3H3,(H,42,43)(H,46,47);5-6,9-12,21,31,39H,3-4,7-8,13-20,22-24H2,1-2H3,(H,37,44)(H,38,45)(H,40,41)(H,46,47);/q;;+1/p-1/t38-;31-;/m10./s1. The van der Waals surface area contributed by atoms with Gasteiger partial charge in [-0.2, -0.15) is 0 Å². The number of aromatic amines is 1. The van der Waals surface area contributed by atoms with Crippen molar-refractivity contribution in [1.29, 1.82) is 0 Å². The molecular weight excluding hydrogens is 1360 g/mol. The number of ether oxygens (including phenoxy) is 4. The minimum absolute atomic E-state index is 0.